The lowest BCUT2D eigenvalue weighted by Crippen LogP contribution is -2.40. The summed E-state index contributed by atoms with van der Waals surface area (Å²) >= 11 is 0. The van der Waals surface area contributed by atoms with Crippen LogP contribution in [0.2, 0.25) is 0 Å². The van der Waals surface area contributed by atoms with E-state index in [1.165, 1.54) is 0 Å². The molecule has 8 heteroatoms. The number of benzene rings is 2. The van der Waals surface area contributed by atoms with Gasteiger partial charge in [0, 0.05) is 55.3 Å². The van der Waals surface area contributed by atoms with Gasteiger partial charge in [-0.1, -0.05) is 62.2 Å². The summed E-state index contributed by atoms with van der Waals surface area (Å²) in [5, 5.41) is 23.8. The molecule has 8 nitrogen and oxygen atoms in total. The first-order valence-electron chi connectivity index (χ1n) is 13.4. The van der Waals surface area contributed by atoms with E-state index in [1.54, 1.807) is 41.0 Å². The van der Waals surface area contributed by atoms with Gasteiger partial charge >= 0.3 is 0 Å². The molecule has 2 aliphatic heterocycles. The molecule has 0 aliphatic carbocycles. The number of nitrogens with one attached hydrogen (secondary N) is 1. The number of hydrogen-bond acceptors (Lipinski definition) is 5. The summed E-state index contributed by atoms with van der Waals surface area (Å²) in [5.41, 5.74) is 0.774. The molecule has 2 aromatic rings. The molecule has 3 N–H and O–H groups in total. The van der Waals surface area contributed by atoms with Crippen LogP contribution in [0.1, 0.15) is 56.6 Å². The zero-order valence-electron chi connectivity index (χ0n) is 21.9. The monoisotopic (exact) mass is 519 g/mol. The number of carbonyl (C=O) groups excluding carboxylic acids is 3. The lowest BCUT2D eigenvalue weighted by molar-refractivity contribution is -0.137. The molecule has 2 atom stereocenters. The van der Waals surface area contributed by atoms with Crippen LogP contribution in [0.25, 0.3) is 0 Å². The Kier molecular flexibility index (Phi) is 8.97. The molecule has 2 aliphatic rings. The Labute approximate surface area is 223 Å². The quantitative estimate of drug-likeness (QED) is 0.438. The molecular formula is C30H37N3O5. The van der Waals surface area contributed by atoms with Gasteiger partial charge in [-0.3, -0.25) is 14.4 Å². The van der Waals surface area contributed by atoms with Crippen molar-refractivity contribution in [3.8, 4) is 0 Å². The Morgan fingerprint density at radius 3 is 2.66 bits per heavy atom. The highest BCUT2D eigenvalue weighted by Crippen LogP contribution is 2.43. The summed E-state index contributed by atoms with van der Waals surface area (Å²) < 4.78 is 0. The van der Waals surface area contributed by atoms with Crippen LogP contribution < -0.4 is 10.2 Å². The summed E-state index contributed by atoms with van der Waals surface area (Å²) in [6.07, 6.45) is 7.81. The van der Waals surface area contributed by atoms with Crippen LogP contribution in [0.15, 0.2) is 60.7 Å². The lowest BCUT2D eigenvalue weighted by Gasteiger charge is -2.29. The largest absolute Gasteiger partial charge is 0.395 e. The number of amides is 3. The molecular weight excluding hydrogens is 482 g/mol. The Balaban J connectivity index is 1.49. The van der Waals surface area contributed by atoms with E-state index in [1.807, 2.05) is 36.4 Å². The predicted octanol–water partition coefficient (Wildman–Crippen LogP) is 3.73. The number of fused-ring (bicyclic) bond motifs is 1. The van der Waals surface area contributed by atoms with Crippen LogP contribution in [-0.2, 0) is 26.5 Å². The molecule has 38 heavy (non-hydrogen) atoms. The number of aliphatic hydroxyl groups is 2. The number of anilines is 2. The maximum atomic E-state index is 13.0. The van der Waals surface area contributed by atoms with E-state index in [0.29, 0.717) is 36.4 Å². The summed E-state index contributed by atoms with van der Waals surface area (Å²) in [6.45, 7) is 2.81. The van der Waals surface area contributed by atoms with E-state index in [4.69, 9.17) is 0 Å². The fraction of sp³-hybridized carbons (Fsp3) is 0.433. The minimum absolute atomic E-state index is 0.0554. The smallest absolute Gasteiger partial charge is 0.261 e. The van der Waals surface area contributed by atoms with Gasteiger partial charge in [0.2, 0.25) is 11.8 Å². The van der Waals surface area contributed by atoms with Gasteiger partial charge in [0.25, 0.3) is 5.91 Å². The van der Waals surface area contributed by atoms with Crippen molar-refractivity contribution in [3.63, 3.8) is 0 Å². The molecule has 1 saturated heterocycles. The number of rotatable bonds is 9. The van der Waals surface area contributed by atoms with Crippen LogP contribution in [-0.4, -0.2) is 52.5 Å². The van der Waals surface area contributed by atoms with Gasteiger partial charge < -0.3 is 25.3 Å². The minimum atomic E-state index is -1.83. The van der Waals surface area contributed by atoms with Crippen molar-refractivity contribution in [2.45, 2.75) is 57.6 Å². The number of hydrogen-bond donors (Lipinski definition) is 3. The molecule has 0 aromatic heterocycles. The van der Waals surface area contributed by atoms with E-state index in [2.05, 4.69) is 5.32 Å². The van der Waals surface area contributed by atoms with E-state index < -0.39 is 17.4 Å². The molecule has 0 bridgehead atoms. The molecule has 0 radical (unpaired) electrons. The maximum Gasteiger partial charge on any atom is 0.261 e. The highest BCUT2D eigenvalue weighted by molar-refractivity contribution is 6.06. The van der Waals surface area contributed by atoms with Gasteiger partial charge in [-0.2, -0.15) is 0 Å². The first-order valence-corrected chi connectivity index (χ1v) is 13.4. The average Bonchev–Trinajstić information content (AvgIpc) is 3.16. The Morgan fingerprint density at radius 1 is 1.13 bits per heavy atom. The van der Waals surface area contributed by atoms with Gasteiger partial charge in [0.05, 0.1) is 6.61 Å². The molecule has 202 valence electrons. The van der Waals surface area contributed by atoms with E-state index >= 15 is 0 Å². The summed E-state index contributed by atoms with van der Waals surface area (Å²) in [5.74, 6) is -1.26. The van der Waals surface area contributed by atoms with Crippen molar-refractivity contribution in [2.75, 3.05) is 29.9 Å². The molecule has 0 unspecified atom stereocenters. The van der Waals surface area contributed by atoms with Gasteiger partial charge in [0.1, 0.15) is 0 Å². The van der Waals surface area contributed by atoms with Crippen LogP contribution in [0.5, 0.6) is 0 Å². The fourth-order valence-electron chi connectivity index (χ4n) is 5.21. The second-order valence-electron chi connectivity index (χ2n) is 10.1. The minimum Gasteiger partial charge on any atom is -0.395 e. The third kappa shape index (κ3) is 5.97. The third-order valence-electron chi connectivity index (χ3n) is 7.46. The molecule has 0 saturated carbocycles. The average molecular weight is 520 g/mol. The van der Waals surface area contributed by atoms with Gasteiger partial charge in [-0.05, 0) is 36.6 Å². The number of carbonyl (C=O) groups is 3. The Hall–Kier alpha value is -3.49. The lowest BCUT2D eigenvalue weighted by atomic mass is 9.82. The second-order valence-corrected chi connectivity index (χ2v) is 10.1. The summed E-state index contributed by atoms with van der Waals surface area (Å²) in [4.78, 5) is 41.9. The zero-order chi connectivity index (χ0) is 27.1. The first kappa shape index (κ1) is 27.5. The number of aliphatic hydroxyl groups excluding tert-OH is 1. The predicted molar refractivity (Wildman–Crippen MR) is 146 cm³/mol. The molecule has 3 amide bonds. The highest BCUT2D eigenvalue weighted by Gasteiger charge is 2.49. The topological polar surface area (TPSA) is 110 Å². The van der Waals surface area contributed by atoms with Crippen molar-refractivity contribution >= 4 is 29.1 Å². The Bertz CT molecular complexity index is 1180. The molecule has 4 rings (SSSR count). The first-order chi connectivity index (χ1) is 18.3. The van der Waals surface area contributed by atoms with E-state index in [0.717, 1.165) is 31.2 Å². The molecule has 0 spiro atoms. The fourth-order valence-corrected chi connectivity index (χ4v) is 5.21. The highest BCUT2D eigenvalue weighted by atomic mass is 16.3. The summed E-state index contributed by atoms with van der Waals surface area (Å²) in [6, 6.07) is 14.9. The van der Waals surface area contributed by atoms with Gasteiger partial charge in [-0.15, -0.1) is 0 Å². The normalized spacial score (nSPS) is 20.6. The molecule has 2 heterocycles. The molecule has 2 aromatic carbocycles. The van der Waals surface area contributed by atoms with E-state index in [9.17, 15) is 24.6 Å². The maximum absolute atomic E-state index is 13.0. The second kappa shape index (κ2) is 12.4. The van der Waals surface area contributed by atoms with Crippen molar-refractivity contribution < 1.29 is 24.6 Å². The van der Waals surface area contributed by atoms with E-state index in [-0.39, 0.29) is 31.4 Å². The standard InChI is InChI=1S/C30H37N3O5/c1-22(10-9-14-27(35)32(18-19-34)21-23-11-5-4-6-12-23)30(38)25-20-24(15-16-26(25)31-29(30)37)33-17-8-3-2-7-13-28(33)36/h4-6,9-12,15-16,20,22,34,38H,2-3,7-8,13-14,17-19,21H2,1H3,(H,31,37)/b10-9+/t22-,30+/m0/s1. The van der Waals surface area contributed by atoms with Crippen LogP contribution in [0.4, 0.5) is 11.4 Å². The Morgan fingerprint density at radius 2 is 1.89 bits per heavy atom. The van der Waals surface area contributed by atoms with Gasteiger partial charge in [-0.25, -0.2) is 0 Å². The number of nitrogens with zero attached hydrogens (tertiary/aromatic N) is 2. The molecule has 1 fully saturated rings. The zero-order valence-corrected chi connectivity index (χ0v) is 21.9. The van der Waals surface area contributed by atoms with Crippen molar-refractivity contribution in [1.82, 2.24) is 4.90 Å². The van der Waals surface area contributed by atoms with Crippen LogP contribution in [0.3, 0.4) is 0 Å². The van der Waals surface area contributed by atoms with Crippen molar-refractivity contribution in [3.05, 3.63) is 71.8 Å². The van der Waals surface area contributed by atoms with Crippen molar-refractivity contribution in [1.29, 1.82) is 0 Å². The van der Waals surface area contributed by atoms with Gasteiger partial charge in [0.15, 0.2) is 5.60 Å². The van der Waals surface area contributed by atoms with Crippen LogP contribution in [0, 0.1) is 5.92 Å². The van der Waals surface area contributed by atoms with Crippen molar-refractivity contribution in [2.24, 2.45) is 5.92 Å². The third-order valence-corrected chi connectivity index (χ3v) is 7.46. The summed E-state index contributed by atoms with van der Waals surface area (Å²) in [7, 11) is 0. The SMILES string of the molecule is C[C@@H](/C=C/CC(=O)N(CCO)Cc1ccccc1)[C@]1(O)C(=O)Nc2ccc(N3CCCCCCC3=O)cc21. The van der Waals surface area contributed by atoms with Crippen LogP contribution >= 0.6 is 0 Å².